The van der Waals surface area contributed by atoms with Crippen molar-refractivity contribution >= 4 is 23.5 Å². The average Bonchev–Trinajstić information content (AvgIpc) is 2.66. The van der Waals surface area contributed by atoms with E-state index in [4.69, 9.17) is 9.47 Å². The number of carbonyl (C=O) groups is 3. The number of aromatic hydroxyl groups is 1. The number of urea groups is 1. The molecule has 8 heteroatoms. The van der Waals surface area contributed by atoms with E-state index in [0.29, 0.717) is 17.0 Å². The molecular weight excluding hydrogens is 352 g/mol. The molecule has 0 bridgehead atoms. The quantitative estimate of drug-likeness (QED) is 0.779. The maximum Gasteiger partial charge on any atom is 0.335 e. The zero-order valence-electron chi connectivity index (χ0n) is 14.8. The molecule has 2 aromatic carbocycles. The smallest absolute Gasteiger partial charge is 0.335 e. The number of amides is 4. The predicted octanol–water partition coefficient (Wildman–Crippen LogP) is 1.85. The molecule has 27 heavy (non-hydrogen) atoms. The zero-order chi connectivity index (χ0) is 19.6. The van der Waals surface area contributed by atoms with Gasteiger partial charge in [-0.05, 0) is 48.4 Å². The number of imide groups is 2. The van der Waals surface area contributed by atoms with Gasteiger partial charge < -0.3 is 14.6 Å². The number of rotatable bonds is 5. The molecule has 1 fully saturated rings. The number of ether oxygens (including phenoxy) is 2. The third-order valence-corrected chi connectivity index (χ3v) is 4.28. The van der Waals surface area contributed by atoms with Crippen molar-refractivity contribution in [3.63, 3.8) is 0 Å². The van der Waals surface area contributed by atoms with Crippen molar-refractivity contribution in [3.8, 4) is 17.2 Å². The Labute approximate surface area is 155 Å². The van der Waals surface area contributed by atoms with Gasteiger partial charge in [-0.25, -0.2) is 9.69 Å². The summed E-state index contributed by atoms with van der Waals surface area (Å²) in [4.78, 5) is 38.2. The number of barbiturate groups is 1. The Morgan fingerprint density at radius 3 is 2.37 bits per heavy atom. The summed E-state index contributed by atoms with van der Waals surface area (Å²) in [6.45, 7) is 0. The predicted molar refractivity (Wildman–Crippen MR) is 95.9 cm³/mol. The van der Waals surface area contributed by atoms with Gasteiger partial charge in [-0.2, -0.15) is 0 Å². The Morgan fingerprint density at radius 2 is 1.74 bits per heavy atom. The highest BCUT2D eigenvalue weighted by Gasteiger charge is 2.41. The summed E-state index contributed by atoms with van der Waals surface area (Å²) in [6.07, 6.45) is 0.0568. The van der Waals surface area contributed by atoms with Crippen LogP contribution >= 0.6 is 0 Å². The van der Waals surface area contributed by atoms with E-state index in [1.54, 1.807) is 36.4 Å². The van der Waals surface area contributed by atoms with Gasteiger partial charge in [-0.15, -0.1) is 0 Å². The second-order valence-electron chi connectivity index (χ2n) is 5.93. The number of hydrogen-bond donors (Lipinski definition) is 2. The SMILES string of the molecule is COc1ccc(N2C(=O)NC(=O)C(Cc3ccc(O)c(OC)c3)C2=O)cc1. The van der Waals surface area contributed by atoms with Crippen LogP contribution in [0, 0.1) is 5.92 Å². The van der Waals surface area contributed by atoms with E-state index in [-0.39, 0.29) is 17.9 Å². The summed E-state index contributed by atoms with van der Waals surface area (Å²) in [5.41, 5.74) is 0.946. The molecule has 3 rings (SSSR count). The molecule has 0 aromatic heterocycles. The van der Waals surface area contributed by atoms with Crippen molar-refractivity contribution in [2.24, 2.45) is 5.92 Å². The molecular formula is C19H18N2O6. The van der Waals surface area contributed by atoms with Crippen molar-refractivity contribution in [2.45, 2.75) is 6.42 Å². The molecule has 0 aliphatic carbocycles. The molecule has 1 heterocycles. The number of phenols is 1. The standard InChI is InChI=1S/C19H18N2O6/c1-26-13-6-4-12(5-7-13)21-18(24)14(17(23)20-19(21)25)9-11-3-8-15(22)16(10-11)27-2/h3-8,10,14,22H,9H2,1-2H3,(H,20,23,25). The summed E-state index contributed by atoms with van der Waals surface area (Å²) in [5.74, 6) is -1.61. The first kappa shape index (κ1) is 18.2. The molecule has 0 saturated carbocycles. The highest BCUT2D eigenvalue weighted by Crippen LogP contribution is 2.29. The van der Waals surface area contributed by atoms with Crippen LogP contribution in [0.4, 0.5) is 10.5 Å². The first-order valence-electron chi connectivity index (χ1n) is 8.13. The highest BCUT2D eigenvalue weighted by atomic mass is 16.5. The first-order chi connectivity index (χ1) is 12.9. The Morgan fingerprint density at radius 1 is 1.04 bits per heavy atom. The third kappa shape index (κ3) is 3.55. The minimum Gasteiger partial charge on any atom is -0.504 e. The molecule has 1 aliphatic heterocycles. The normalized spacial score (nSPS) is 16.9. The van der Waals surface area contributed by atoms with Crippen molar-refractivity contribution < 1.29 is 29.0 Å². The van der Waals surface area contributed by atoms with Crippen molar-refractivity contribution in [1.82, 2.24) is 5.32 Å². The molecule has 140 valence electrons. The Hall–Kier alpha value is -3.55. The van der Waals surface area contributed by atoms with Gasteiger partial charge >= 0.3 is 6.03 Å². The summed E-state index contributed by atoms with van der Waals surface area (Å²) in [7, 11) is 2.91. The minimum atomic E-state index is -1.08. The summed E-state index contributed by atoms with van der Waals surface area (Å²) in [6, 6.07) is 10.1. The third-order valence-electron chi connectivity index (χ3n) is 4.28. The van der Waals surface area contributed by atoms with Gasteiger partial charge in [0.25, 0.3) is 0 Å². The zero-order valence-corrected chi connectivity index (χ0v) is 14.8. The molecule has 4 amide bonds. The molecule has 8 nitrogen and oxygen atoms in total. The van der Waals surface area contributed by atoms with Crippen LogP contribution in [0.25, 0.3) is 0 Å². The van der Waals surface area contributed by atoms with Gasteiger partial charge in [-0.3, -0.25) is 14.9 Å². The number of nitrogens with one attached hydrogen (secondary N) is 1. The molecule has 1 saturated heterocycles. The lowest BCUT2D eigenvalue weighted by Crippen LogP contribution is -2.58. The first-order valence-corrected chi connectivity index (χ1v) is 8.13. The molecule has 0 radical (unpaired) electrons. The molecule has 2 aromatic rings. The number of benzene rings is 2. The number of carbonyl (C=O) groups excluding carboxylic acids is 3. The van der Waals surface area contributed by atoms with Crippen molar-refractivity contribution in [2.75, 3.05) is 19.1 Å². The lowest BCUT2D eigenvalue weighted by molar-refractivity contribution is -0.134. The van der Waals surface area contributed by atoms with Gasteiger partial charge in [0.2, 0.25) is 11.8 Å². The number of hydrogen-bond acceptors (Lipinski definition) is 6. The van der Waals surface area contributed by atoms with Crippen LogP contribution in [0.15, 0.2) is 42.5 Å². The van der Waals surface area contributed by atoms with E-state index in [2.05, 4.69) is 5.32 Å². The van der Waals surface area contributed by atoms with Crippen LogP contribution in [0.3, 0.4) is 0 Å². The van der Waals surface area contributed by atoms with Crippen LogP contribution in [0.2, 0.25) is 0 Å². The van der Waals surface area contributed by atoms with E-state index < -0.39 is 23.8 Å². The lowest BCUT2D eigenvalue weighted by Gasteiger charge is -2.30. The number of phenolic OH excluding ortho intramolecular Hbond substituents is 1. The number of nitrogens with zero attached hydrogens (tertiary/aromatic N) is 1. The fourth-order valence-electron chi connectivity index (χ4n) is 2.86. The molecule has 2 N–H and O–H groups in total. The van der Waals surface area contributed by atoms with Gasteiger partial charge in [0.1, 0.15) is 11.7 Å². The van der Waals surface area contributed by atoms with E-state index in [1.807, 2.05) is 0 Å². The van der Waals surface area contributed by atoms with Crippen molar-refractivity contribution in [3.05, 3.63) is 48.0 Å². The summed E-state index contributed by atoms with van der Waals surface area (Å²) < 4.78 is 10.1. The van der Waals surface area contributed by atoms with Gasteiger partial charge in [0.15, 0.2) is 11.5 Å². The summed E-state index contributed by atoms with van der Waals surface area (Å²) in [5, 5.41) is 11.9. The average molecular weight is 370 g/mol. The summed E-state index contributed by atoms with van der Waals surface area (Å²) >= 11 is 0. The largest absolute Gasteiger partial charge is 0.504 e. The molecule has 1 aliphatic rings. The van der Waals surface area contributed by atoms with E-state index in [1.165, 1.54) is 20.3 Å². The second kappa shape index (κ2) is 7.36. The lowest BCUT2D eigenvalue weighted by atomic mass is 9.95. The monoisotopic (exact) mass is 370 g/mol. The maximum atomic E-state index is 12.9. The Bertz CT molecular complexity index is 894. The topological polar surface area (TPSA) is 105 Å². The molecule has 1 atom stereocenters. The van der Waals surface area contributed by atoms with Crippen LogP contribution in [0.1, 0.15) is 5.56 Å². The number of anilines is 1. The van der Waals surface area contributed by atoms with Crippen LogP contribution in [-0.4, -0.2) is 37.2 Å². The second-order valence-corrected chi connectivity index (χ2v) is 5.93. The number of methoxy groups -OCH3 is 2. The van der Waals surface area contributed by atoms with Crippen LogP contribution < -0.4 is 19.7 Å². The molecule has 0 spiro atoms. The van der Waals surface area contributed by atoms with E-state index >= 15 is 0 Å². The van der Waals surface area contributed by atoms with Crippen LogP contribution in [-0.2, 0) is 16.0 Å². The van der Waals surface area contributed by atoms with E-state index in [9.17, 15) is 19.5 Å². The fraction of sp³-hybridized carbons (Fsp3) is 0.211. The Balaban J connectivity index is 1.88. The molecule has 1 unspecified atom stereocenters. The maximum absolute atomic E-state index is 12.9. The van der Waals surface area contributed by atoms with Gasteiger partial charge in [-0.1, -0.05) is 6.07 Å². The Kier molecular flexibility index (Phi) is 4.98. The van der Waals surface area contributed by atoms with Gasteiger partial charge in [0, 0.05) is 0 Å². The highest BCUT2D eigenvalue weighted by molar-refractivity contribution is 6.27. The van der Waals surface area contributed by atoms with Gasteiger partial charge in [0.05, 0.1) is 19.9 Å². The van der Waals surface area contributed by atoms with Crippen molar-refractivity contribution in [1.29, 1.82) is 0 Å². The minimum absolute atomic E-state index is 0.0456. The van der Waals surface area contributed by atoms with Crippen LogP contribution in [0.5, 0.6) is 17.2 Å². The fourth-order valence-corrected chi connectivity index (χ4v) is 2.86. The van der Waals surface area contributed by atoms with E-state index in [0.717, 1.165) is 4.90 Å².